The second kappa shape index (κ2) is 4.61. The molecule has 1 aromatic heterocycles. The highest BCUT2D eigenvalue weighted by Gasteiger charge is 2.10. The van der Waals surface area contributed by atoms with Gasteiger partial charge in [-0.3, -0.25) is 9.78 Å². The first kappa shape index (κ1) is 10.5. The van der Waals surface area contributed by atoms with Gasteiger partial charge in [0.15, 0.2) is 5.82 Å². The molecule has 4 nitrogen and oxygen atoms in total. The molecule has 1 aromatic rings. The average molecular weight is 213 g/mol. The molecule has 0 bridgehead atoms. The van der Waals surface area contributed by atoms with Crippen molar-refractivity contribution in [3.05, 3.63) is 29.8 Å². The molecule has 0 aromatic carbocycles. The fourth-order valence-electron chi connectivity index (χ4n) is 0.822. The molecule has 0 aliphatic rings. The van der Waals surface area contributed by atoms with E-state index in [4.69, 9.17) is 5.73 Å². The first-order chi connectivity index (χ1) is 6.61. The SMILES string of the molecule is NC(=S)CNC(=O)c1ccncc1F. The topological polar surface area (TPSA) is 68.0 Å². The number of carbonyl (C=O) groups is 1. The molecule has 0 spiro atoms. The zero-order valence-corrected chi connectivity index (χ0v) is 7.97. The molecule has 0 fully saturated rings. The molecule has 1 heterocycles. The maximum absolute atomic E-state index is 13.0. The largest absolute Gasteiger partial charge is 0.392 e. The number of halogens is 1. The van der Waals surface area contributed by atoms with Crippen molar-refractivity contribution >= 4 is 23.1 Å². The number of amides is 1. The first-order valence-electron chi connectivity index (χ1n) is 3.77. The minimum Gasteiger partial charge on any atom is -0.392 e. The van der Waals surface area contributed by atoms with Crippen LogP contribution in [-0.4, -0.2) is 22.4 Å². The molecule has 0 radical (unpaired) electrons. The van der Waals surface area contributed by atoms with Gasteiger partial charge in [-0.15, -0.1) is 0 Å². The lowest BCUT2D eigenvalue weighted by atomic mass is 10.2. The zero-order chi connectivity index (χ0) is 10.6. The summed E-state index contributed by atoms with van der Waals surface area (Å²) in [7, 11) is 0. The van der Waals surface area contributed by atoms with Crippen molar-refractivity contribution in [1.82, 2.24) is 10.3 Å². The Bertz CT molecular complexity index is 369. The first-order valence-corrected chi connectivity index (χ1v) is 4.18. The van der Waals surface area contributed by atoms with Gasteiger partial charge >= 0.3 is 0 Å². The summed E-state index contributed by atoms with van der Waals surface area (Å²) in [6, 6.07) is 1.28. The van der Waals surface area contributed by atoms with Crippen molar-refractivity contribution in [2.24, 2.45) is 5.73 Å². The van der Waals surface area contributed by atoms with Crippen LogP contribution in [0.25, 0.3) is 0 Å². The standard InChI is InChI=1S/C8H8FN3OS/c9-6-3-11-2-1-5(6)8(13)12-4-7(10)14/h1-3H,4H2,(H2,10,14)(H,12,13). The number of carbonyl (C=O) groups excluding carboxylic acids is 1. The highest BCUT2D eigenvalue weighted by molar-refractivity contribution is 7.80. The minimum absolute atomic E-state index is 0.0515. The molecule has 74 valence electrons. The number of thiocarbonyl (C=S) groups is 1. The van der Waals surface area contributed by atoms with E-state index in [0.717, 1.165) is 6.20 Å². The average Bonchev–Trinajstić information content (AvgIpc) is 2.15. The van der Waals surface area contributed by atoms with Crippen LogP contribution >= 0.6 is 12.2 Å². The lowest BCUT2D eigenvalue weighted by Gasteiger charge is -2.03. The maximum Gasteiger partial charge on any atom is 0.254 e. The fourth-order valence-corrected chi connectivity index (χ4v) is 0.894. The van der Waals surface area contributed by atoms with Gasteiger partial charge in [-0.1, -0.05) is 12.2 Å². The van der Waals surface area contributed by atoms with Gasteiger partial charge in [0.05, 0.1) is 23.3 Å². The summed E-state index contributed by atoms with van der Waals surface area (Å²) in [5.74, 6) is -1.23. The number of nitrogens with two attached hydrogens (primary N) is 1. The number of rotatable bonds is 3. The van der Waals surface area contributed by atoms with Crippen LogP contribution in [0.3, 0.4) is 0 Å². The molecule has 0 aliphatic heterocycles. The molecule has 6 heteroatoms. The summed E-state index contributed by atoms with van der Waals surface area (Å²) >= 11 is 4.55. The molecule has 0 saturated heterocycles. The normalized spacial score (nSPS) is 9.50. The van der Waals surface area contributed by atoms with E-state index in [9.17, 15) is 9.18 Å². The van der Waals surface area contributed by atoms with Crippen LogP contribution in [0.1, 0.15) is 10.4 Å². The number of aromatic nitrogens is 1. The highest BCUT2D eigenvalue weighted by atomic mass is 32.1. The van der Waals surface area contributed by atoms with Gasteiger partial charge < -0.3 is 11.1 Å². The summed E-state index contributed by atoms with van der Waals surface area (Å²) in [4.78, 5) is 14.9. The maximum atomic E-state index is 13.0. The molecule has 3 N–H and O–H groups in total. The molecule has 1 amide bonds. The van der Waals surface area contributed by atoms with Gasteiger partial charge in [-0.05, 0) is 6.07 Å². The number of pyridine rings is 1. The van der Waals surface area contributed by atoms with Crippen molar-refractivity contribution in [3.63, 3.8) is 0 Å². The van der Waals surface area contributed by atoms with E-state index in [2.05, 4.69) is 22.5 Å². The van der Waals surface area contributed by atoms with Crippen LogP contribution in [0.2, 0.25) is 0 Å². The van der Waals surface area contributed by atoms with Crippen LogP contribution in [0, 0.1) is 5.82 Å². The van der Waals surface area contributed by atoms with Crippen LogP contribution in [0.4, 0.5) is 4.39 Å². The van der Waals surface area contributed by atoms with Crippen molar-refractivity contribution in [3.8, 4) is 0 Å². The molecule has 0 atom stereocenters. The quantitative estimate of drug-likeness (QED) is 0.706. The molecule has 0 unspecified atom stereocenters. The van der Waals surface area contributed by atoms with E-state index < -0.39 is 11.7 Å². The van der Waals surface area contributed by atoms with E-state index in [1.807, 2.05) is 0 Å². The van der Waals surface area contributed by atoms with Gasteiger partial charge in [0.2, 0.25) is 0 Å². The third-order valence-corrected chi connectivity index (χ3v) is 1.58. The van der Waals surface area contributed by atoms with Crippen molar-refractivity contribution in [1.29, 1.82) is 0 Å². The van der Waals surface area contributed by atoms with Crippen LogP contribution in [0.15, 0.2) is 18.5 Å². The summed E-state index contributed by atoms with van der Waals surface area (Å²) in [5, 5.41) is 2.37. The third-order valence-electron chi connectivity index (χ3n) is 1.44. The Morgan fingerprint density at radius 3 is 3.00 bits per heavy atom. The van der Waals surface area contributed by atoms with E-state index >= 15 is 0 Å². The third kappa shape index (κ3) is 2.74. The summed E-state index contributed by atoms with van der Waals surface area (Å²) in [6.45, 7) is 0.0515. The van der Waals surface area contributed by atoms with E-state index in [1.54, 1.807) is 0 Å². The summed E-state index contributed by atoms with van der Waals surface area (Å²) in [5.41, 5.74) is 5.09. The lowest BCUT2D eigenvalue weighted by molar-refractivity contribution is 0.0955. The Kier molecular flexibility index (Phi) is 3.47. The Morgan fingerprint density at radius 2 is 2.43 bits per heavy atom. The molecule has 14 heavy (non-hydrogen) atoms. The Hall–Kier alpha value is -1.56. The van der Waals surface area contributed by atoms with Crippen molar-refractivity contribution in [2.75, 3.05) is 6.54 Å². The smallest absolute Gasteiger partial charge is 0.254 e. The minimum atomic E-state index is -0.673. The van der Waals surface area contributed by atoms with E-state index in [0.29, 0.717) is 0 Å². The number of nitrogens with zero attached hydrogens (tertiary/aromatic N) is 1. The second-order valence-electron chi connectivity index (χ2n) is 2.50. The Balaban J connectivity index is 2.70. The lowest BCUT2D eigenvalue weighted by Crippen LogP contribution is -2.32. The predicted octanol–water partition coefficient (Wildman–Crippen LogP) is 0.237. The van der Waals surface area contributed by atoms with E-state index in [1.165, 1.54) is 12.3 Å². The predicted molar refractivity (Wildman–Crippen MR) is 53.3 cm³/mol. The Morgan fingerprint density at radius 1 is 1.71 bits per heavy atom. The van der Waals surface area contributed by atoms with Crippen molar-refractivity contribution < 1.29 is 9.18 Å². The number of hydrogen-bond acceptors (Lipinski definition) is 3. The summed E-state index contributed by atoms with van der Waals surface area (Å²) < 4.78 is 13.0. The molecular formula is C8H8FN3OS. The van der Waals surface area contributed by atoms with Crippen LogP contribution < -0.4 is 11.1 Å². The summed E-state index contributed by atoms with van der Waals surface area (Å²) in [6.07, 6.45) is 2.30. The van der Waals surface area contributed by atoms with Crippen molar-refractivity contribution in [2.45, 2.75) is 0 Å². The van der Waals surface area contributed by atoms with E-state index in [-0.39, 0.29) is 17.1 Å². The zero-order valence-electron chi connectivity index (χ0n) is 7.16. The molecule has 1 rings (SSSR count). The molecule has 0 saturated carbocycles. The van der Waals surface area contributed by atoms with Gasteiger partial charge in [0, 0.05) is 6.20 Å². The monoisotopic (exact) mass is 213 g/mol. The molecular weight excluding hydrogens is 205 g/mol. The van der Waals surface area contributed by atoms with Crippen LogP contribution in [0.5, 0.6) is 0 Å². The van der Waals surface area contributed by atoms with Crippen LogP contribution in [-0.2, 0) is 0 Å². The van der Waals surface area contributed by atoms with Gasteiger partial charge in [0.25, 0.3) is 5.91 Å². The number of hydrogen-bond donors (Lipinski definition) is 2. The van der Waals surface area contributed by atoms with Gasteiger partial charge in [-0.2, -0.15) is 0 Å². The molecule has 0 aliphatic carbocycles. The second-order valence-corrected chi connectivity index (χ2v) is 3.03. The fraction of sp³-hybridized carbons (Fsp3) is 0.125. The Labute approximate surface area is 85.3 Å². The highest BCUT2D eigenvalue weighted by Crippen LogP contribution is 2.03. The van der Waals surface area contributed by atoms with Gasteiger partial charge in [-0.25, -0.2) is 4.39 Å². The number of nitrogens with one attached hydrogen (secondary N) is 1. The van der Waals surface area contributed by atoms with Gasteiger partial charge in [0.1, 0.15) is 0 Å².